The number of rotatable bonds is 6. The Labute approximate surface area is 174 Å². The summed E-state index contributed by atoms with van der Waals surface area (Å²) in [6.45, 7) is 2.97. The van der Waals surface area contributed by atoms with Crippen molar-refractivity contribution in [3.05, 3.63) is 70.9 Å². The van der Waals surface area contributed by atoms with Gasteiger partial charge in [-0.2, -0.15) is 26.3 Å². The Morgan fingerprint density at radius 1 is 1.00 bits per heavy atom. The highest BCUT2D eigenvalue weighted by atomic mass is 19.4. The number of nitrogens with zero attached hydrogens (tertiary/aromatic N) is 1. The van der Waals surface area contributed by atoms with E-state index in [1.165, 1.54) is 25.1 Å². The molecule has 0 unspecified atom stereocenters. The molecule has 1 N–H and O–H groups in total. The van der Waals surface area contributed by atoms with Crippen molar-refractivity contribution in [3.63, 3.8) is 0 Å². The van der Waals surface area contributed by atoms with Gasteiger partial charge in [0.25, 0.3) is 0 Å². The van der Waals surface area contributed by atoms with Crippen LogP contribution < -0.4 is 5.32 Å². The third-order valence-electron chi connectivity index (χ3n) is 3.94. The lowest BCUT2D eigenvalue weighted by Gasteiger charge is -2.13. The van der Waals surface area contributed by atoms with Gasteiger partial charge in [0.2, 0.25) is 0 Å². The van der Waals surface area contributed by atoms with Crippen LogP contribution in [0.4, 0.5) is 37.7 Å². The second kappa shape index (κ2) is 9.67. The van der Waals surface area contributed by atoms with E-state index in [0.29, 0.717) is 0 Å². The minimum Gasteiger partial charge on any atom is -0.462 e. The molecule has 0 aliphatic heterocycles. The fraction of sp³-hybridized carbons (Fsp3) is 0.238. The quantitative estimate of drug-likeness (QED) is 0.244. The van der Waals surface area contributed by atoms with E-state index in [4.69, 9.17) is 4.74 Å². The van der Waals surface area contributed by atoms with Crippen LogP contribution in [-0.4, -0.2) is 18.8 Å². The number of hydrogen-bond donors (Lipinski definition) is 1. The number of carbonyl (C=O) groups is 1. The van der Waals surface area contributed by atoms with Gasteiger partial charge in [0.15, 0.2) is 0 Å². The number of alkyl halides is 6. The number of esters is 1. The molecular formula is C21H18F6N2O2. The number of benzene rings is 2. The highest BCUT2D eigenvalue weighted by molar-refractivity contribution is 6.11. The van der Waals surface area contributed by atoms with Gasteiger partial charge in [-0.15, -0.1) is 0 Å². The van der Waals surface area contributed by atoms with Crippen molar-refractivity contribution in [1.29, 1.82) is 0 Å². The molecule has 0 fully saturated rings. The van der Waals surface area contributed by atoms with Crippen LogP contribution >= 0.6 is 0 Å². The van der Waals surface area contributed by atoms with Gasteiger partial charge in [0.1, 0.15) is 0 Å². The zero-order valence-corrected chi connectivity index (χ0v) is 16.4. The number of allylic oxidation sites excluding steroid dienone is 1. The third-order valence-corrected chi connectivity index (χ3v) is 3.94. The minimum absolute atomic E-state index is 0.0105. The summed E-state index contributed by atoms with van der Waals surface area (Å²) < 4.78 is 82.2. The van der Waals surface area contributed by atoms with Crippen LogP contribution in [0.25, 0.3) is 0 Å². The van der Waals surface area contributed by atoms with Crippen molar-refractivity contribution < 1.29 is 35.9 Å². The maximum Gasteiger partial charge on any atom is 0.416 e. The van der Waals surface area contributed by atoms with Crippen molar-refractivity contribution in [2.45, 2.75) is 26.2 Å². The lowest BCUT2D eigenvalue weighted by molar-refractivity contribution is -0.138. The SMILES string of the molecule is CCOC(=O)/C(C=Nc1cccc(C(F)(F)F)c1)=C(/C)Nc1cccc(C(F)(F)F)c1. The number of halogens is 6. The fourth-order valence-corrected chi connectivity index (χ4v) is 2.47. The van der Waals surface area contributed by atoms with Crippen LogP contribution in [0.1, 0.15) is 25.0 Å². The van der Waals surface area contributed by atoms with E-state index in [1.54, 1.807) is 6.92 Å². The molecule has 0 spiro atoms. The van der Waals surface area contributed by atoms with Gasteiger partial charge < -0.3 is 10.1 Å². The summed E-state index contributed by atoms with van der Waals surface area (Å²) in [5.41, 5.74) is -1.86. The first kappa shape index (κ1) is 24.0. The topological polar surface area (TPSA) is 50.7 Å². The summed E-state index contributed by atoms with van der Waals surface area (Å²) >= 11 is 0. The van der Waals surface area contributed by atoms with E-state index in [-0.39, 0.29) is 29.3 Å². The van der Waals surface area contributed by atoms with Crippen LogP contribution in [0.3, 0.4) is 0 Å². The first-order valence-electron chi connectivity index (χ1n) is 8.95. The van der Waals surface area contributed by atoms with Crippen LogP contribution in [0.2, 0.25) is 0 Å². The highest BCUT2D eigenvalue weighted by Gasteiger charge is 2.31. The number of ether oxygens (including phenoxy) is 1. The summed E-state index contributed by atoms with van der Waals surface area (Å²) in [4.78, 5) is 16.2. The second-order valence-corrected chi connectivity index (χ2v) is 6.27. The molecule has 0 aromatic heterocycles. The van der Waals surface area contributed by atoms with Crippen LogP contribution in [0, 0.1) is 0 Å². The molecule has 0 aliphatic carbocycles. The Hall–Kier alpha value is -3.30. The zero-order valence-electron chi connectivity index (χ0n) is 16.4. The van der Waals surface area contributed by atoms with Gasteiger partial charge >= 0.3 is 18.3 Å². The third kappa shape index (κ3) is 6.87. The van der Waals surface area contributed by atoms with Crippen LogP contribution in [0.5, 0.6) is 0 Å². The molecule has 2 rings (SSSR count). The molecule has 31 heavy (non-hydrogen) atoms. The molecule has 2 aromatic rings. The van der Waals surface area contributed by atoms with Crippen molar-refractivity contribution in [1.82, 2.24) is 0 Å². The van der Waals surface area contributed by atoms with Gasteiger partial charge in [0.05, 0.1) is 29.0 Å². The second-order valence-electron chi connectivity index (χ2n) is 6.27. The van der Waals surface area contributed by atoms with Crippen molar-refractivity contribution >= 4 is 23.6 Å². The molecule has 0 saturated carbocycles. The Bertz CT molecular complexity index is 994. The predicted molar refractivity (Wildman–Crippen MR) is 104 cm³/mol. The molecule has 0 saturated heterocycles. The number of anilines is 1. The monoisotopic (exact) mass is 444 g/mol. The van der Waals surface area contributed by atoms with Crippen molar-refractivity contribution in [3.8, 4) is 0 Å². The fourth-order valence-electron chi connectivity index (χ4n) is 2.47. The first-order valence-corrected chi connectivity index (χ1v) is 8.95. The summed E-state index contributed by atoms with van der Waals surface area (Å²) in [6.07, 6.45) is -8.11. The van der Waals surface area contributed by atoms with Gasteiger partial charge in [0, 0.05) is 17.6 Å². The Balaban J connectivity index is 2.39. The van der Waals surface area contributed by atoms with Gasteiger partial charge in [-0.25, -0.2) is 4.79 Å². The molecule has 0 radical (unpaired) electrons. The number of hydrogen-bond acceptors (Lipinski definition) is 4. The summed E-state index contributed by atoms with van der Waals surface area (Å²) in [5, 5.41) is 2.67. The zero-order chi connectivity index (χ0) is 23.2. The maximum absolute atomic E-state index is 12.9. The van der Waals surface area contributed by atoms with Gasteiger partial charge in [-0.05, 0) is 50.2 Å². The molecular weight excluding hydrogens is 426 g/mol. The Morgan fingerprint density at radius 3 is 2.16 bits per heavy atom. The molecule has 0 amide bonds. The average Bonchev–Trinajstić information content (AvgIpc) is 2.67. The number of nitrogens with one attached hydrogen (secondary N) is 1. The van der Waals surface area contributed by atoms with Crippen LogP contribution in [-0.2, 0) is 21.9 Å². The van der Waals surface area contributed by atoms with E-state index in [0.717, 1.165) is 36.5 Å². The molecule has 4 nitrogen and oxygen atoms in total. The molecule has 0 bridgehead atoms. The summed E-state index contributed by atoms with van der Waals surface area (Å²) in [6, 6.07) is 8.46. The molecule has 0 heterocycles. The summed E-state index contributed by atoms with van der Waals surface area (Å²) in [7, 11) is 0. The van der Waals surface area contributed by atoms with E-state index < -0.39 is 29.4 Å². The smallest absolute Gasteiger partial charge is 0.416 e. The van der Waals surface area contributed by atoms with E-state index in [2.05, 4.69) is 10.3 Å². The van der Waals surface area contributed by atoms with E-state index >= 15 is 0 Å². The van der Waals surface area contributed by atoms with E-state index in [9.17, 15) is 31.1 Å². The molecule has 166 valence electrons. The lowest BCUT2D eigenvalue weighted by atomic mass is 10.1. The number of carbonyl (C=O) groups excluding carboxylic acids is 1. The predicted octanol–water partition coefficient (Wildman–Crippen LogP) is 6.38. The first-order chi connectivity index (χ1) is 14.4. The van der Waals surface area contributed by atoms with Crippen LogP contribution in [0.15, 0.2) is 64.8 Å². The highest BCUT2D eigenvalue weighted by Crippen LogP contribution is 2.32. The van der Waals surface area contributed by atoms with Gasteiger partial charge in [-0.3, -0.25) is 4.99 Å². The Kier molecular flexibility index (Phi) is 7.48. The lowest BCUT2D eigenvalue weighted by Crippen LogP contribution is -2.14. The van der Waals surface area contributed by atoms with Crippen molar-refractivity contribution in [2.75, 3.05) is 11.9 Å². The van der Waals surface area contributed by atoms with Crippen molar-refractivity contribution in [2.24, 2.45) is 4.99 Å². The Morgan fingerprint density at radius 2 is 1.58 bits per heavy atom. The summed E-state index contributed by atoms with van der Waals surface area (Å²) in [5.74, 6) is -0.838. The molecule has 10 heteroatoms. The van der Waals surface area contributed by atoms with Gasteiger partial charge in [-0.1, -0.05) is 12.1 Å². The molecule has 0 aliphatic rings. The molecule has 2 aromatic carbocycles. The maximum atomic E-state index is 12.9. The minimum atomic E-state index is -4.56. The normalized spacial score (nSPS) is 13.2. The van der Waals surface area contributed by atoms with E-state index in [1.807, 2.05) is 0 Å². The number of aliphatic imine (C=N–C) groups is 1. The standard InChI is InChI=1S/C21H18F6N2O2/c1-3-31-19(30)18(12-28-16-8-4-6-14(10-16)20(22,23)24)13(2)29-17-9-5-7-15(11-17)21(25,26)27/h4-12,29H,3H2,1-2H3/b18-13-,28-12?. The molecule has 0 atom stereocenters. The largest absolute Gasteiger partial charge is 0.462 e. The average molecular weight is 444 g/mol.